The van der Waals surface area contributed by atoms with Crippen LogP contribution in [0.4, 0.5) is 13.2 Å². The van der Waals surface area contributed by atoms with E-state index in [1.165, 1.54) is 0 Å². The number of aromatic nitrogens is 1. The number of hydrogen-bond acceptors (Lipinski definition) is 2. The van der Waals surface area contributed by atoms with Gasteiger partial charge in [-0.3, -0.25) is 0 Å². The summed E-state index contributed by atoms with van der Waals surface area (Å²) < 4.78 is 41.3. The van der Waals surface area contributed by atoms with Crippen LogP contribution in [0.1, 0.15) is 5.56 Å². The van der Waals surface area contributed by atoms with E-state index >= 15 is 0 Å². The van der Waals surface area contributed by atoms with E-state index in [2.05, 4.69) is 4.74 Å². The fraction of sp³-hybridized carbons (Fsp3) is 0.556. The van der Waals surface area contributed by atoms with Gasteiger partial charge in [0, 0.05) is 25.5 Å². The molecular weight excluding hydrogens is 209 g/mol. The van der Waals surface area contributed by atoms with E-state index in [1.807, 2.05) is 6.07 Å². The Balaban J connectivity index is 2.20. The summed E-state index contributed by atoms with van der Waals surface area (Å²) in [5.74, 6) is 0. The summed E-state index contributed by atoms with van der Waals surface area (Å²) in [6.07, 6.45) is -0.699. The molecule has 0 amide bonds. The van der Waals surface area contributed by atoms with Crippen molar-refractivity contribution in [2.45, 2.75) is 19.3 Å². The van der Waals surface area contributed by atoms with Gasteiger partial charge in [0.05, 0.1) is 6.61 Å². The van der Waals surface area contributed by atoms with Gasteiger partial charge in [-0.05, 0) is 11.6 Å². The van der Waals surface area contributed by atoms with Crippen molar-refractivity contribution in [3.63, 3.8) is 0 Å². The third-order valence-electron chi connectivity index (χ3n) is 1.81. The van der Waals surface area contributed by atoms with Crippen LogP contribution in [-0.4, -0.2) is 24.0 Å². The number of rotatable bonds is 5. The molecule has 6 heteroatoms. The third kappa shape index (κ3) is 4.85. The van der Waals surface area contributed by atoms with E-state index in [1.54, 1.807) is 17.0 Å². The van der Waals surface area contributed by atoms with Crippen molar-refractivity contribution in [3.8, 4) is 0 Å². The summed E-state index contributed by atoms with van der Waals surface area (Å²) in [4.78, 5) is 0. The van der Waals surface area contributed by atoms with Crippen molar-refractivity contribution < 1.29 is 17.9 Å². The van der Waals surface area contributed by atoms with Gasteiger partial charge in [0.2, 0.25) is 0 Å². The van der Waals surface area contributed by atoms with E-state index < -0.39 is 12.8 Å². The largest absolute Gasteiger partial charge is 0.411 e. The van der Waals surface area contributed by atoms with Crippen LogP contribution in [0.3, 0.4) is 0 Å². The highest BCUT2D eigenvalue weighted by atomic mass is 19.4. The fourth-order valence-electron chi connectivity index (χ4n) is 1.11. The van der Waals surface area contributed by atoms with E-state index in [0.717, 1.165) is 5.56 Å². The average molecular weight is 222 g/mol. The van der Waals surface area contributed by atoms with Crippen LogP contribution in [0.25, 0.3) is 0 Å². The van der Waals surface area contributed by atoms with Crippen molar-refractivity contribution in [1.82, 2.24) is 4.57 Å². The van der Waals surface area contributed by atoms with E-state index in [0.29, 0.717) is 13.1 Å². The smallest absolute Gasteiger partial charge is 0.370 e. The minimum absolute atomic E-state index is 0.0399. The summed E-state index contributed by atoms with van der Waals surface area (Å²) >= 11 is 0. The van der Waals surface area contributed by atoms with Crippen LogP contribution in [-0.2, 0) is 17.8 Å². The van der Waals surface area contributed by atoms with Crippen LogP contribution in [0, 0.1) is 0 Å². The topological polar surface area (TPSA) is 40.2 Å². The molecule has 1 aromatic rings. The lowest BCUT2D eigenvalue weighted by Gasteiger charge is -2.07. The van der Waals surface area contributed by atoms with Gasteiger partial charge in [0.25, 0.3) is 0 Å². The van der Waals surface area contributed by atoms with Gasteiger partial charge in [-0.2, -0.15) is 13.2 Å². The Labute approximate surface area is 85.6 Å². The molecule has 0 spiro atoms. The predicted octanol–water partition coefficient (Wildman–Crippen LogP) is 1.53. The molecule has 0 radical (unpaired) electrons. The van der Waals surface area contributed by atoms with E-state index in [4.69, 9.17) is 5.73 Å². The Morgan fingerprint density at radius 2 is 2.13 bits per heavy atom. The van der Waals surface area contributed by atoms with Gasteiger partial charge < -0.3 is 15.0 Å². The maximum atomic E-state index is 11.7. The lowest BCUT2D eigenvalue weighted by Crippen LogP contribution is -2.18. The number of alkyl halides is 3. The van der Waals surface area contributed by atoms with Gasteiger partial charge in [-0.15, -0.1) is 0 Å². The number of halogens is 3. The summed E-state index contributed by atoms with van der Waals surface area (Å²) in [6.45, 7) is -0.331. The first-order chi connectivity index (χ1) is 7.01. The number of hydrogen-bond donors (Lipinski definition) is 1. The van der Waals surface area contributed by atoms with Crippen LogP contribution < -0.4 is 5.73 Å². The summed E-state index contributed by atoms with van der Waals surface area (Å²) in [5.41, 5.74) is 6.33. The second kappa shape index (κ2) is 5.18. The molecule has 0 unspecified atom stereocenters. The minimum atomic E-state index is -4.25. The molecule has 1 aromatic heterocycles. The monoisotopic (exact) mass is 222 g/mol. The molecule has 0 bridgehead atoms. The molecular formula is C9H13F3N2O. The summed E-state index contributed by atoms with van der Waals surface area (Å²) in [7, 11) is 0. The lowest BCUT2D eigenvalue weighted by atomic mass is 10.4. The summed E-state index contributed by atoms with van der Waals surface area (Å²) in [5, 5.41) is 0. The molecule has 86 valence electrons. The zero-order valence-corrected chi connectivity index (χ0v) is 8.13. The van der Waals surface area contributed by atoms with Crippen LogP contribution >= 0.6 is 0 Å². The SMILES string of the molecule is NCc1ccn(CCOCC(F)(F)F)c1. The van der Waals surface area contributed by atoms with Crippen molar-refractivity contribution in [3.05, 3.63) is 24.0 Å². The zero-order chi connectivity index (χ0) is 11.3. The van der Waals surface area contributed by atoms with E-state index in [-0.39, 0.29) is 6.61 Å². The van der Waals surface area contributed by atoms with Crippen molar-refractivity contribution >= 4 is 0 Å². The molecule has 0 saturated heterocycles. The molecule has 0 aliphatic rings. The molecule has 0 saturated carbocycles. The molecule has 0 aliphatic carbocycles. The molecule has 1 heterocycles. The number of nitrogens with zero attached hydrogens (tertiary/aromatic N) is 1. The molecule has 15 heavy (non-hydrogen) atoms. The van der Waals surface area contributed by atoms with Crippen molar-refractivity contribution in [1.29, 1.82) is 0 Å². The molecule has 3 nitrogen and oxygen atoms in total. The summed E-state index contributed by atoms with van der Waals surface area (Å²) in [6, 6.07) is 1.82. The second-order valence-electron chi connectivity index (χ2n) is 3.13. The molecule has 1 rings (SSSR count). The Morgan fingerprint density at radius 1 is 1.40 bits per heavy atom. The number of nitrogens with two attached hydrogens (primary N) is 1. The molecule has 0 aliphatic heterocycles. The molecule has 2 N–H and O–H groups in total. The first-order valence-corrected chi connectivity index (χ1v) is 4.50. The Kier molecular flexibility index (Phi) is 4.16. The molecule has 0 aromatic carbocycles. The highest BCUT2D eigenvalue weighted by molar-refractivity contribution is 5.09. The van der Waals surface area contributed by atoms with Crippen LogP contribution in [0.2, 0.25) is 0 Å². The standard InChI is InChI=1S/C9H13F3N2O/c10-9(11,12)7-15-4-3-14-2-1-8(5-13)6-14/h1-2,6H,3-5,7,13H2. The van der Waals surface area contributed by atoms with Gasteiger partial charge in [-0.1, -0.05) is 0 Å². The van der Waals surface area contributed by atoms with Gasteiger partial charge in [0.15, 0.2) is 0 Å². The zero-order valence-electron chi connectivity index (χ0n) is 8.13. The molecule has 0 atom stereocenters. The normalized spacial score (nSPS) is 12.0. The average Bonchev–Trinajstić information content (AvgIpc) is 2.59. The van der Waals surface area contributed by atoms with E-state index in [9.17, 15) is 13.2 Å². The highest BCUT2D eigenvalue weighted by Gasteiger charge is 2.27. The lowest BCUT2D eigenvalue weighted by molar-refractivity contribution is -0.174. The third-order valence-corrected chi connectivity index (χ3v) is 1.81. The Morgan fingerprint density at radius 3 is 2.67 bits per heavy atom. The van der Waals surface area contributed by atoms with Gasteiger partial charge >= 0.3 is 6.18 Å². The Hall–Kier alpha value is -1.01. The number of ether oxygens (including phenoxy) is 1. The minimum Gasteiger partial charge on any atom is -0.370 e. The second-order valence-corrected chi connectivity index (χ2v) is 3.13. The van der Waals surface area contributed by atoms with Gasteiger partial charge in [0.1, 0.15) is 6.61 Å². The van der Waals surface area contributed by atoms with Crippen LogP contribution in [0.15, 0.2) is 18.5 Å². The predicted molar refractivity (Wildman–Crippen MR) is 49.2 cm³/mol. The maximum absolute atomic E-state index is 11.7. The van der Waals surface area contributed by atoms with Crippen molar-refractivity contribution in [2.75, 3.05) is 13.2 Å². The fourth-order valence-corrected chi connectivity index (χ4v) is 1.11. The maximum Gasteiger partial charge on any atom is 0.411 e. The van der Waals surface area contributed by atoms with Crippen LogP contribution in [0.5, 0.6) is 0 Å². The first-order valence-electron chi connectivity index (χ1n) is 4.50. The quantitative estimate of drug-likeness (QED) is 0.767. The highest BCUT2D eigenvalue weighted by Crippen LogP contribution is 2.14. The Bertz CT molecular complexity index is 296. The van der Waals surface area contributed by atoms with Crippen molar-refractivity contribution in [2.24, 2.45) is 5.73 Å². The molecule has 0 fully saturated rings. The van der Waals surface area contributed by atoms with Gasteiger partial charge in [-0.25, -0.2) is 0 Å². The first kappa shape index (κ1) is 12.1.